The van der Waals surface area contributed by atoms with Crippen molar-refractivity contribution < 1.29 is 17.6 Å². The molecule has 0 N–H and O–H groups in total. The van der Waals surface area contributed by atoms with Gasteiger partial charge in [0.15, 0.2) is 5.78 Å². The van der Waals surface area contributed by atoms with Gasteiger partial charge < -0.3 is 4.90 Å². The molecule has 7 heteroatoms. The average Bonchev–Trinajstić information content (AvgIpc) is 2.62. The molecular weight excluding hydrogens is 355 g/mol. The number of hydrogen-bond acceptors (Lipinski definition) is 4. The number of anilines is 1. The molecule has 5 nitrogen and oxygen atoms in total. The Hall–Kier alpha value is -2.25. The molecule has 0 unspecified atom stereocenters. The number of aryl methyl sites for hydroxylation is 1. The summed E-state index contributed by atoms with van der Waals surface area (Å²) in [5, 5.41) is 0. The lowest BCUT2D eigenvalue weighted by molar-refractivity contribution is 0.101. The van der Waals surface area contributed by atoms with Crippen LogP contribution in [-0.4, -0.2) is 44.7 Å². The number of Topliss-reactive ketones (excluding diaryl/α,β-unsaturated/α-hetero) is 1. The monoisotopic (exact) mass is 376 g/mol. The van der Waals surface area contributed by atoms with Crippen LogP contribution in [0.4, 0.5) is 10.1 Å². The van der Waals surface area contributed by atoms with Crippen LogP contribution < -0.4 is 4.90 Å². The average molecular weight is 376 g/mol. The fourth-order valence-corrected chi connectivity index (χ4v) is 4.43. The highest BCUT2D eigenvalue weighted by Gasteiger charge is 2.29. The van der Waals surface area contributed by atoms with E-state index in [2.05, 4.69) is 0 Å². The fourth-order valence-electron chi connectivity index (χ4n) is 3.01. The molecule has 1 heterocycles. The van der Waals surface area contributed by atoms with E-state index in [-0.39, 0.29) is 23.8 Å². The summed E-state index contributed by atoms with van der Waals surface area (Å²) in [4.78, 5) is 13.4. The Balaban J connectivity index is 1.73. The molecule has 3 rings (SSSR count). The Kier molecular flexibility index (Phi) is 5.11. The zero-order valence-electron chi connectivity index (χ0n) is 14.8. The summed E-state index contributed by atoms with van der Waals surface area (Å²) in [5.74, 6) is -0.656. The number of sulfonamides is 1. The van der Waals surface area contributed by atoms with Crippen molar-refractivity contribution in [3.8, 4) is 0 Å². The lowest BCUT2D eigenvalue weighted by Gasteiger charge is -2.35. The van der Waals surface area contributed by atoms with Gasteiger partial charge in [-0.05, 0) is 44.2 Å². The number of halogens is 1. The summed E-state index contributed by atoms with van der Waals surface area (Å²) < 4.78 is 41.2. The van der Waals surface area contributed by atoms with E-state index in [0.29, 0.717) is 24.3 Å². The zero-order chi connectivity index (χ0) is 18.9. The first-order chi connectivity index (χ1) is 12.3. The third-order valence-corrected chi connectivity index (χ3v) is 6.51. The molecule has 1 aliphatic rings. The number of ketones is 1. The molecular formula is C19H21FN2O3S. The molecule has 0 aromatic heterocycles. The maximum atomic E-state index is 14.3. The Morgan fingerprint density at radius 1 is 1.00 bits per heavy atom. The topological polar surface area (TPSA) is 57.7 Å². The normalized spacial score (nSPS) is 15.9. The summed E-state index contributed by atoms with van der Waals surface area (Å²) in [5.41, 5.74) is 1.72. The minimum atomic E-state index is -3.54. The van der Waals surface area contributed by atoms with Crippen molar-refractivity contribution >= 4 is 21.5 Å². The third kappa shape index (κ3) is 3.64. The summed E-state index contributed by atoms with van der Waals surface area (Å²) in [7, 11) is -3.54. The van der Waals surface area contributed by atoms with Crippen LogP contribution >= 0.6 is 0 Å². The van der Waals surface area contributed by atoms with Crippen molar-refractivity contribution in [1.82, 2.24) is 4.31 Å². The van der Waals surface area contributed by atoms with Crippen LogP contribution in [0.5, 0.6) is 0 Å². The number of rotatable bonds is 4. The molecule has 1 fully saturated rings. The molecule has 2 aromatic rings. The van der Waals surface area contributed by atoms with Gasteiger partial charge in [0.1, 0.15) is 5.82 Å². The Morgan fingerprint density at radius 2 is 1.62 bits per heavy atom. The van der Waals surface area contributed by atoms with Crippen LogP contribution in [0.2, 0.25) is 0 Å². The quantitative estimate of drug-likeness (QED) is 0.770. The molecule has 26 heavy (non-hydrogen) atoms. The first-order valence-electron chi connectivity index (χ1n) is 8.41. The van der Waals surface area contributed by atoms with E-state index in [1.807, 2.05) is 6.92 Å². The number of carbonyl (C=O) groups is 1. The molecule has 1 aliphatic heterocycles. The highest BCUT2D eigenvalue weighted by molar-refractivity contribution is 7.89. The van der Waals surface area contributed by atoms with Gasteiger partial charge in [0.2, 0.25) is 10.0 Å². The third-order valence-electron chi connectivity index (χ3n) is 4.59. The fraction of sp³-hybridized carbons (Fsp3) is 0.316. The number of hydrogen-bond donors (Lipinski definition) is 0. The molecule has 0 atom stereocenters. The van der Waals surface area contributed by atoms with E-state index in [1.165, 1.54) is 17.3 Å². The molecule has 0 radical (unpaired) electrons. The lowest BCUT2D eigenvalue weighted by Crippen LogP contribution is -2.48. The van der Waals surface area contributed by atoms with Crippen molar-refractivity contribution in [1.29, 1.82) is 0 Å². The van der Waals surface area contributed by atoms with Gasteiger partial charge in [0, 0.05) is 31.7 Å². The number of nitrogens with zero attached hydrogens (tertiary/aromatic N) is 2. The molecule has 0 bridgehead atoms. The molecule has 2 aromatic carbocycles. The van der Waals surface area contributed by atoms with Crippen molar-refractivity contribution in [2.24, 2.45) is 0 Å². The molecule has 1 saturated heterocycles. The molecule has 0 spiro atoms. The SMILES string of the molecule is CC(=O)c1ccc(N2CCN(S(=O)(=O)c3ccc(C)cc3)CC2)c(F)c1. The van der Waals surface area contributed by atoms with Gasteiger partial charge in [-0.1, -0.05) is 17.7 Å². The zero-order valence-corrected chi connectivity index (χ0v) is 15.6. The van der Waals surface area contributed by atoms with E-state index in [4.69, 9.17) is 0 Å². The van der Waals surface area contributed by atoms with Crippen molar-refractivity contribution in [2.75, 3.05) is 31.1 Å². The minimum Gasteiger partial charge on any atom is -0.367 e. The van der Waals surface area contributed by atoms with Crippen LogP contribution in [0, 0.1) is 12.7 Å². The van der Waals surface area contributed by atoms with E-state index in [9.17, 15) is 17.6 Å². The second-order valence-electron chi connectivity index (χ2n) is 6.43. The van der Waals surface area contributed by atoms with Gasteiger partial charge in [0.05, 0.1) is 10.6 Å². The summed E-state index contributed by atoms with van der Waals surface area (Å²) in [6, 6.07) is 11.2. The predicted molar refractivity (Wildman–Crippen MR) is 98.6 cm³/mol. The largest absolute Gasteiger partial charge is 0.367 e. The number of piperazine rings is 1. The second-order valence-corrected chi connectivity index (χ2v) is 8.36. The van der Waals surface area contributed by atoms with Crippen molar-refractivity contribution in [3.63, 3.8) is 0 Å². The highest BCUT2D eigenvalue weighted by atomic mass is 32.2. The van der Waals surface area contributed by atoms with Crippen LogP contribution in [0.1, 0.15) is 22.8 Å². The summed E-state index contributed by atoms with van der Waals surface area (Å²) in [6.45, 7) is 4.64. The Bertz CT molecular complexity index is 918. The van der Waals surface area contributed by atoms with Gasteiger partial charge in [-0.3, -0.25) is 4.79 Å². The predicted octanol–water partition coefficient (Wildman–Crippen LogP) is 2.85. The molecule has 138 valence electrons. The minimum absolute atomic E-state index is 0.190. The van der Waals surface area contributed by atoms with E-state index in [0.717, 1.165) is 5.56 Å². The van der Waals surface area contributed by atoms with E-state index < -0.39 is 15.8 Å². The second kappa shape index (κ2) is 7.17. The highest BCUT2D eigenvalue weighted by Crippen LogP contribution is 2.24. The smallest absolute Gasteiger partial charge is 0.243 e. The van der Waals surface area contributed by atoms with Crippen LogP contribution in [-0.2, 0) is 10.0 Å². The van der Waals surface area contributed by atoms with E-state index >= 15 is 0 Å². The van der Waals surface area contributed by atoms with Gasteiger partial charge in [-0.2, -0.15) is 4.31 Å². The lowest BCUT2D eigenvalue weighted by atomic mass is 10.1. The molecule has 0 saturated carbocycles. The van der Waals surface area contributed by atoms with Gasteiger partial charge in [-0.25, -0.2) is 12.8 Å². The van der Waals surface area contributed by atoms with Crippen LogP contribution in [0.25, 0.3) is 0 Å². The van der Waals surface area contributed by atoms with E-state index in [1.54, 1.807) is 41.3 Å². The van der Waals surface area contributed by atoms with Crippen molar-refractivity contribution in [3.05, 3.63) is 59.4 Å². The first kappa shape index (κ1) is 18.5. The molecule has 0 amide bonds. The summed E-state index contributed by atoms with van der Waals surface area (Å²) >= 11 is 0. The maximum Gasteiger partial charge on any atom is 0.243 e. The Labute approximate surface area is 153 Å². The first-order valence-corrected chi connectivity index (χ1v) is 9.85. The number of carbonyl (C=O) groups excluding carboxylic acids is 1. The van der Waals surface area contributed by atoms with Gasteiger partial charge in [-0.15, -0.1) is 0 Å². The van der Waals surface area contributed by atoms with Crippen molar-refractivity contribution in [2.45, 2.75) is 18.7 Å². The number of benzene rings is 2. The standard InChI is InChI=1S/C19H21FN2O3S/c1-14-3-6-17(7-4-14)26(24,25)22-11-9-21(10-12-22)19-8-5-16(15(2)23)13-18(19)20/h3-8,13H,9-12H2,1-2H3. The van der Waals surface area contributed by atoms with Gasteiger partial charge in [0.25, 0.3) is 0 Å². The summed E-state index contributed by atoms with van der Waals surface area (Å²) in [6.07, 6.45) is 0. The Morgan fingerprint density at radius 3 is 2.15 bits per heavy atom. The van der Waals surface area contributed by atoms with Crippen LogP contribution in [0.3, 0.4) is 0 Å². The van der Waals surface area contributed by atoms with Crippen LogP contribution in [0.15, 0.2) is 47.4 Å². The maximum absolute atomic E-state index is 14.3. The molecule has 0 aliphatic carbocycles. The van der Waals surface area contributed by atoms with Gasteiger partial charge >= 0.3 is 0 Å².